The Morgan fingerprint density at radius 2 is 1.89 bits per heavy atom. The smallest absolute Gasteiger partial charge is 0.336 e. The van der Waals surface area contributed by atoms with Crippen molar-refractivity contribution in [3.63, 3.8) is 0 Å². The molecule has 1 atom stereocenters. The lowest BCUT2D eigenvalue weighted by Gasteiger charge is -2.16. The van der Waals surface area contributed by atoms with E-state index in [4.69, 9.17) is 16.0 Å². The molecule has 2 N–H and O–H groups in total. The molecule has 0 spiro atoms. The summed E-state index contributed by atoms with van der Waals surface area (Å²) in [6, 6.07) is 18.3. The van der Waals surface area contributed by atoms with Crippen molar-refractivity contribution in [1.82, 2.24) is 0 Å². The van der Waals surface area contributed by atoms with E-state index < -0.39 is 0 Å². The Balaban J connectivity index is 1.70. The number of rotatable bonds is 5. The fourth-order valence-corrected chi connectivity index (χ4v) is 4.43. The Labute approximate surface area is 172 Å². The summed E-state index contributed by atoms with van der Waals surface area (Å²) in [4.78, 5) is 13.4. The van der Waals surface area contributed by atoms with Crippen LogP contribution in [0, 0.1) is 13.8 Å². The van der Waals surface area contributed by atoms with Gasteiger partial charge in [-0.3, -0.25) is 0 Å². The van der Waals surface area contributed by atoms with Crippen molar-refractivity contribution in [3.8, 4) is 0 Å². The molecule has 0 bridgehead atoms. The number of thiophene rings is 1. The molecular weight excluding hydrogens is 390 g/mol. The molecular formula is C23H21ClNO2S+. The van der Waals surface area contributed by atoms with Gasteiger partial charge in [0.25, 0.3) is 0 Å². The Hall–Kier alpha value is -2.40. The van der Waals surface area contributed by atoms with Gasteiger partial charge in [-0.05, 0) is 43.0 Å². The Bertz CT molecular complexity index is 1160. The largest absolute Gasteiger partial charge is 0.423 e. The summed E-state index contributed by atoms with van der Waals surface area (Å²) < 4.78 is 5.39. The lowest BCUT2D eigenvalue weighted by atomic mass is 10.0. The number of benzene rings is 2. The van der Waals surface area contributed by atoms with Gasteiger partial charge in [-0.2, -0.15) is 0 Å². The second-order valence-electron chi connectivity index (χ2n) is 7.03. The first-order chi connectivity index (χ1) is 13.5. The maximum absolute atomic E-state index is 12.1. The van der Waals surface area contributed by atoms with Crippen LogP contribution in [0.15, 0.2) is 69.2 Å². The van der Waals surface area contributed by atoms with Crippen molar-refractivity contribution < 1.29 is 9.73 Å². The van der Waals surface area contributed by atoms with E-state index in [0.29, 0.717) is 17.2 Å². The molecule has 0 unspecified atom stereocenters. The number of quaternary nitrogens is 1. The van der Waals surface area contributed by atoms with Gasteiger partial charge in [0.05, 0.1) is 4.88 Å². The normalized spacial score (nSPS) is 12.4. The molecule has 142 valence electrons. The third-order valence-corrected chi connectivity index (χ3v) is 6.33. The molecule has 3 nitrogen and oxygen atoms in total. The molecule has 4 aromatic rings. The minimum Gasteiger partial charge on any atom is -0.423 e. The molecule has 0 amide bonds. The molecule has 2 aromatic carbocycles. The molecule has 28 heavy (non-hydrogen) atoms. The topological polar surface area (TPSA) is 46.8 Å². The minimum atomic E-state index is -0.333. The molecule has 0 radical (unpaired) electrons. The second-order valence-corrected chi connectivity index (χ2v) is 8.42. The Kier molecular flexibility index (Phi) is 5.36. The highest BCUT2D eigenvalue weighted by Gasteiger charge is 2.20. The number of nitrogens with two attached hydrogens (primary N) is 1. The summed E-state index contributed by atoms with van der Waals surface area (Å²) in [5, 5.41) is 5.93. The quantitative estimate of drug-likeness (QED) is 0.472. The zero-order valence-corrected chi connectivity index (χ0v) is 17.3. The number of halogens is 1. The van der Waals surface area contributed by atoms with Crippen LogP contribution in [0.4, 0.5) is 0 Å². The summed E-state index contributed by atoms with van der Waals surface area (Å²) in [7, 11) is 0. The predicted molar refractivity (Wildman–Crippen MR) is 115 cm³/mol. The lowest BCUT2D eigenvalue weighted by Crippen LogP contribution is -2.83. The third-order valence-electron chi connectivity index (χ3n) is 4.97. The summed E-state index contributed by atoms with van der Waals surface area (Å²) in [5.41, 5.74) is 4.57. The molecule has 5 heteroatoms. The highest BCUT2D eigenvalue weighted by atomic mass is 35.5. The molecule has 0 aliphatic rings. The van der Waals surface area contributed by atoms with Crippen molar-refractivity contribution in [2.45, 2.75) is 26.4 Å². The first-order valence-corrected chi connectivity index (χ1v) is 10.4. The van der Waals surface area contributed by atoms with Gasteiger partial charge >= 0.3 is 5.63 Å². The van der Waals surface area contributed by atoms with E-state index in [0.717, 1.165) is 16.5 Å². The second kappa shape index (κ2) is 7.92. The summed E-state index contributed by atoms with van der Waals surface area (Å²) in [6.45, 7) is 4.65. The van der Waals surface area contributed by atoms with Gasteiger partial charge < -0.3 is 9.73 Å². The Morgan fingerprint density at radius 1 is 1.11 bits per heavy atom. The molecule has 0 saturated heterocycles. The monoisotopic (exact) mass is 410 g/mol. The van der Waals surface area contributed by atoms with Crippen LogP contribution < -0.4 is 10.9 Å². The zero-order chi connectivity index (χ0) is 19.7. The number of fused-ring (bicyclic) bond motifs is 1. The number of hydrogen-bond donors (Lipinski definition) is 1. The average Bonchev–Trinajstić information content (AvgIpc) is 3.19. The van der Waals surface area contributed by atoms with Crippen molar-refractivity contribution in [2.75, 3.05) is 0 Å². The molecule has 2 heterocycles. The predicted octanol–water partition coefficient (Wildman–Crippen LogP) is 4.98. The maximum Gasteiger partial charge on any atom is 0.336 e. The first-order valence-electron chi connectivity index (χ1n) is 9.17. The van der Waals surface area contributed by atoms with Crippen molar-refractivity contribution in [1.29, 1.82) is 0 Å². The molecule has 0 fully saturated rings. The van der Waals surface area contributed by atoms with Gasteiger partial charge in [0.1, 0.15) is 18.2 Å². The number of hydrogen-bond acceptors (Lipinski definition) is 3. The zero-order valence-electron chi connectivity index (χ0n) is 15.7. The maximum atomic E-state index is 12.1. The lowest BCUT2D eigenvalue weighted by molar-refractivity contribution is -0.701. The van der Waals surface area contributed by atoms with Crippen LogP contribution in [0.5, 0.6) is 0 Å². The van der Waals surface area contributed by atoms with E-state index in [9.17, 15) is 4.79 Å². The average molecular weight is 411 g/mol. The first kappa shape index (κ1) is 18.9. The molecule has 0 saturated carbocycles. The van der Waals surface area contributed by atoms with Crippen LogP contribution in [0.1, 0.15) is 33.2 Å². The van der Waals surface area contributed by atoms with Crippen molar-refractivity contribution >= 4 is 33.9 Å². The van der Waals surface area contributed by atoms with Crippen LogP contribution in [0.2, 0.25) is 5.02 Å². The molecule has 0 aliphatic heterocycles. The van der Waals surface area contributed by atoms with E-state index in [1.807, 2.05) is 19.1 Å². The van der Waals surface area contributed by atoms with Gasteiger partial charge in [0.15, 0.2) is 0 Å². The van der Waals surface area contributed by atoms with Gasteiger partial charge in [-0.25, -0.2) is 4.79 Å². The van der Waals surface area contributed by atoms with Crippen molar-refractivity contribution in [2.24, 2.45) is 0 Å². The van der Waals surface area contributed by atoms with Gasteiger partial charge in [0, 0.05) is 27.6 Å². The highest BCUT2D eigenvalue weighted by Crippen LogP contribution is 2.26. The van der Waals surface area contributed by atoms with Crippen LogP contribution >= 0.6 is 22.9 Å². The SMILES string of the molecule is Cc1ccc([C@@H]([NH2+]Cc2cc(=O)oc3cc(C)c(Cl)cc23)c2cccs2)cc1. The van der Waals surface area contributed by atoms with Crippen molar-refractivity contribution in [3.05, 3.63) is 103 Å². The van der Waals surface area contributed by atoms with Gasteiger partial charge in [-0.15, -0.1) is 11.3 Å². The van der Waals surface area contributed by atoms with Gasteiger partial charge in [-0.1, -0.05) is 47.5 Å². The summed E-state index contributed by atoms with van der Waals surface area (Å²) in [5.74, 6) is 0. The Morgan fingerprint density at radius 3 is 2.61 bits per heavy atom. The molecule has 4 rings (SSSR count). The fraction of sp³-hybridized carbons (Fsp3) is 0.174. The molecule has 0 aliphatic carbocycles. The fourth-order valence-electron chi connectivity index (χ4n) is 3.42. The van der Waals surface area contributed by atoms with E-state index in [2.05, 4.69) is 54.0 Å². The highest BCUT2D eigenvalue weighted by molar-refractivity contribution is 7.10. The minimum absolute atomic E-state index is 0.170. The third kappa shape index (κ3) is 3.90. The van der Waals surface area contributed by atoms with Crippen LogP contribution in [0.25, 0.3) is 11.0 Å². The summed E-state index contributed by atoms with van der Waals surface area (Å²) >= 11 is 8.07. The molecule has 2 aromatic heterocycles. The van der Waals surface area contributed by atoms with Crippen LogP contribution in [0.3, 0.4) is 0 Å². The number of aryl methyl sites for hydroxylation is 2. The van der Waals surface area contributed by atoms with Crippen LogP contribution in [-0.2, 0) is 6.54 Å². The summed E-state index contributed by atoms with van der Waals surface area (Å²) in [6.07, 6.45) is 0. The van der Waals surface area contributed by atoms with E-state index in [-0.39, 0.29) is 11.7 Å². The standard InChI is InChI=1S/C23H20ClNO2S/c1-14-5-7-16(8-6-14)23(21-4-3-9-28-21)25-13-17-11-22(26)27-20-10-15(2)19(24)12-18(17)20/h3-12,23,25H,13H2,1-2H3/p+1/t23-/m1/s1. The van der Waals surface area contributed by atoms with E-state index in [1.54, 1.807) is 17.4 Å². The van der Waals surface area contributed by atoms with E-state index >= 15 is 0 Å². The van der Waals surface area contributed by atoms with Crippen LogP contribution in [-0.4, -0.2) is 0 Å². The van der Waals surface area contributed by atoms with Gasteiger partial charge in [0.2, 0.25) is 0 Å². The van der Waals surface area contributed by atoms with E-state index in [1.165, 1.54) is 16.0 Å².